The molecule has 0 bridgehead atoms. The van der Waals surface area contributed by atoms with Gasteiger partial charge in [-0.2, -0.15) is 0 Å². The second-order valence-electron chi connectivity index (χ2n) is 8.87. The zero-order valence-electron chi connectivity index (χ0n) is 18.3. The van der Waals surface area contributed by atoms with Crippen LogP contribution < -0.4 is 21.3 Å². The van der Waals surface area contributed by atoms with Crippen molar-refractivity contribution in [3.8, 4) is 0 Å². The third-order valence-electron chi connectivity index (χ3n) is 6.51. The number of hydrogen-bond donors (Lipinski definition) is 4. The molecule has 7 heteroatoms. The van der Waals surface area contributed by atoms with Crippen molar-refractivity contribution in [3.05, 3.63) is 35.9 Å². The fourth-order valence-corrected chi connectivity index (χ4v) is 4.74. The molecule has 1 aliphatic carbocycles. The van der Waals surface area contributed by atoms with E-state index in [-0.39, 0.29) is 23.9 Å². The van der Waals surface area contributed by atoms with E-state index in [2.05, 4.69) is 21.3 Å². The summed E-state index contributed by atoms with van der Waals surface area (Å²) in [6.45, 7) is 1.31. The van der Waals surface area contributed by atoms with Crippen molar-refractivity contribution in [2.45, 2.75) is 76.5 Å². The highest BCUT2D eigenvalue weighted by atomic mass is 16.2. The molecular weight excluding hydrogens is 392 g/mol. The van der Waals surface area contributed by atoms with E-state index in [9.17, 15) is 14.4 Å². The number of benzene rings is 1. The van der Waals surface area contributed by atoms with Crippen LogP contribution in [0.5, 0.6) is 0 Å². The Balaban J connectivity index is 1.62. The van der Waals surface area contributed by atoms with Crippen molar-refractivity contribution in [2.75, 3.05) is 6.54 Å². The standard InChI is InChI=1S/C24H36N4O3/c29-17-27-21(14-18-8-3-1-4-9-18)24(31)28-22(15-20-12-7-13-25-23(20)30)26-16-19-10-5-2-6-11-19/h2,5-6,10-11,17-18,20-22,26H,1,3-4,7-9,12-16H2,(H,25,30)(H,27,29)(H,28,31). The van der Waals surface area contributed by atoms with E-state index in [1.54, 1.807) is 0 Å². The SMILES string of the molecule is O=CNC(CC1CCCCC1)C(=O)NC(CC1CCCNC1=O)NCc1ccccc1. The molecule has 7 nitrogen and oxygen atoms in total. The van der Waals surface area contributed by atoms with Gasteiger partial charge in [0, 0.05) is 19.0 Å². The zero-order valence-corrected chi connectivity index (χ0v) is 18.3. The summed E-state index contributed by atoms with van der Waals surface area (Å²) in [5.74, 6) is 0.214. The first kappa shape index (κ1) is 23.3. The predicted molar refractivity (Wildman–Crippen MR) is 120 cm³/mol. The summed E-state index contributed by atoms with van der Waals surface area (Å²) in [6, 6.07) is 9.44. The lowest BCUT2D eigenvalue weighted by molar-refractivity contribution is -0.129. The third-order valence-corrected chi connectivity index (χ3v) is 6.51. The van der Waals surface area contributed by atoms with Crippen molar-refractivity contribution in [1.29, 1.82) is 0 Å². The number of hydrogen-bond acceptors (Lipinski definition) is 4. The maximum atomic E-state index is 13.1. The number of amides is 3. The summed E-state index contributed by atoms with van der Waals surface area (Å²) in [4.78, 5) is 36.5. The summed E-state index contributed by atoms with van der Waals surface area (Å²) in [6.07, 6.45) is 9.11. The van der Waals surface area contributed by atoms with E-state index in [0.29, 0.717) is 31.7 Å². The Morgan fingerprint density at radius 1 is 1.06 bits per heavy atom. The van der Waals surface area contributed by atoms with Crippen LogP contribution in [0.15, 0.2) is 30.3 Å². The van der Waals surface area contributed by atoms with Crippen molar-refractivity contribution < 1.29 is 14.4 Å². The highest BCUT2D eigenvalue weighted by Gasteiger charge is 2.29. The van der Waals surface area contributed by atoms with Gasteiger partial charge >= 0.3 is 0 Å². The van der Waals surface area contributed by atoms with Crippen LogP contribution in [-0.2, 0) is 20.9 Å². The summed E-state index contributed by atoms with van der Waals surface area (Å²) >= 11 is 0. The van der Waals surface area contributed by atoms with Crippen LogP contribution in [0, 0.1) is 11.8 Å². The van der Waals surface area contributed by atoms with Gasteiger partial charge in [0.05, 0.1) is 6.17 Å². The Morgan fingerprint density at radius 2 is 1.84 bits per heavy atom. The lowest BCUT2D eigenvalue weighted by Gasteiger charge is -2.30. The molecule has 0 radical (unpaired) electrons. The van der Waals surface area contributed by atoms with Gasteiger partial charge in [-0.05, 0) is 37.2 Å². The molecule has 4 N–H and O–H groups in total. The van der Waals surface area contributed by atoms with Crippen LogP contribution in [0.3, 0.4) is 0 Å². The Kier molecular flexibility index (Phi) is 9.34. The third kappa shape index (κ3) is 7.65. The molecule has 2 fully saturated rings. The molecule has 1 aliphatic heterocycles. The molecule has 0 aromatic heterocycles. The zero-order chi connectivity index (χ0) is 21.9. The van der Waals surface area contributed by atoms with E-state index >= 15 is 0 Å². The maximum absolute atomic E-state index is 13.1. The van der Waals surface area contributed by atoms with E-state index in [0.717, 1.165) is 37.8 Å². The lowest BCUT2D eigenvalue weighted by Crippen LogP contribution is -2.54. The molecule has 2 aliphatic rings. The van der Waals surface area contributed by atoms with Gasteiger partial charge in [-0.15, -0.1) is 0 Å². The van der Waals surface area contributed by atoms with Gasteiger partial charge in [-0.1, -0.05) is 62.4 Å². The van der Waals surface area contributed by atoms with Crippen LogP contribution in [0.25, 0.3) is 0 Å². The normalized spacial score (nSPS) is 21.5. The maximum Gasteiger partial charge on any atom is 0.243 e. The molecule has 31 heavy (non-hydrogen) atoms. The molecular formula is C24H36N4O3. The number of carbonyl (C=O) groups excluding carboxylic acids is 3. The molecule has 0 spiro atoms. The van der Waals surface area contributed by atoms with Gasteiger partial charge < -0.3 is 16.0 Å². The Labute approximate surface area is 185 Å². The molecule has 3 unspecified atom stereocenters. The van der Waals surface area contributed by atoms with E-state index in [1.165, 1.54) is 19.3 Å². The molecule has 3 rings (SSSR count). The van der Waals surface area contributed by atoms with Crippen LogP contribution in [0.1, 0.15) is 63.4 Å². The lowest BCUT2D eigenvalue weighted by atomic mass is 9.84. The van der Waals surface area contributed by atoms with Gasteiger partial charge in [0.25, 0.3) is 0 Å². The Bertz CT molecular complexity index is 706. The minimum absolute atomic E-state index is 0.0526. The Morgan fingerprint density at radius 3 is 2.55 bits per heavy atom. The van der Waals surface area contributed by atoms with Crippen LogP contribution >= 0.6 is 0 Å². The number of carbonyl (C=O) groups is 3. The molecule has 1 aromatic carbocycles. The second kappa shape index (κ2) is 12.4. The molecule has 170 valence electrons. The smallest absolute Gasteiger partial charge is 0.243 e. The summed E-state index contributed by atoms with van der Waals surface area (Å²) in [7, 11) is 0. The minimum Gasteiger partial charge on any atom is -0.356 e. The van der Waals surface area contributed by atoms with Gasteiger partial charge in [0.15, 0.2) is 0 Å². The summed E-state index contributed by atoms with van der Waals surface area (Å²) in [5.41, 5.74) is 1.11. The van der Waals surface area contributed by atoms with E-state index in [1.807, 2.05) is 30.3 Å². The quantitative estimate of drug-likeness (QED) is 0.321. The first-order chi connectivity index (χ1) is 15.2. The largest absolute Gasteiger partial charge is 0.356 e. The highest BCUT2D eigenvalue weighted by molar-refractivity contribution is 5.84. The molecule has 3 atom stereocenters. The van der Waals surface area contributed by atoms with E-state index in [4.69, 9.17) is 0 Å². The fourth-order valence-electron chi connectivity index (χ4n) is 4.74. The number of nitrogens with one attached hydrogen (secondary N) is 4. The van der Waals surface area contributed by atoms with Crippen molar-refractivity contribution >= 4 is 18.2 Å². The molecule has 3 amide bonds. The minimum atomic E-state index is -0.540. The average molecular weight is 429 g/mol. The fraction of sp³-hybridized carbons (Fsp3) is 0.625. The molecule has 1 saturated heterocycles. The van der Waals surface area contributed by atoms with Crippen LogP contribution in [0.4, 0.5) is 0 Å². The van der Waals surface area contributed by atoms with Gasteiger partial charge in [-0.25, -0.2) is 0 Å². The first-order valence-corrected chi connectivity index (χ1v) is 11.7. The monoisotopic (exact) mass is 428 g/mol. The topological polar surface area (TPSA) is 99.3 Å². The molecule has 1 aromatic rings. The molecule has 1 heterocycles. The van der Waals surface area contributed by atoms with Gasteiger partial charge in [-0.3, -0.25) is 19.7 Å². The number of piperidine rings is 1. The van der Waals surface area contributed by atoms with Gasteiger partial charge in [0.1, 0.15) is 6.04 Å². The Hall–Kier alpha value is -2.41. The van der Waals surface area contributed by atoms with E-state index < -0.39 is 6.04 Å². The highest BCUT2D eigenvalue weighted by Crippen LogP contribution is 2.27. The second-order valence-corrected chi connectivity index (χ2v) is 8.87. The average Bonchev–Trinajstić information content (AvgIpc) is 2.80. The van der Waals surface area contributed by atoms with Crippen molar-refractivity contribution in [2.24, 2.45) is 11.8 Å². The van der Waals surface area contributed by atoms with Gasteiger partial charge in [0.2, 0.25) is 18.2 Å². The van der Waals surface area contributed by atoms with Crippen LogP contribution in [0.2, 0.25) is 0 Å². The molecule has 1 saturated carbocycles. The first-order valence-electron chi connectivity index (χ1n) is 11.7. The van der Waals surface area contributed by atoms with Crippen molar-refractivity contribution in [3.63, 3.8) is 0 Å². The predicted octanol–water partition coefficient (Wildman–Crippen LogP) is 2.22. The summed E-state index contributed by atoms with van der Waals surface area (Å²) in [5, 5.41) is 12.1. The van der Waals surface area contributed by atoms with Crippen molar-refractivity contribution in [1.82, 2.24) is 21.3 Å². The number of rotatable bonds is 11. The summed E-state index contributed by atoms with van der Waals surface area (Å²) < 4.78 is 0. The van der Waals surface area contributed by atoms with Crippen LogP contribution in [-0.4, -0.2) is 37.0 Å².